The molecular weight excluding hydrogens is 291 g/mol. The monoisotopic (exact) mass is 293 g/mol. The summed E-state index contributed by atoms with van der Waals surface area (Å²) in [4.78, 5) is 25.6. The fraction of sp³-hybridized carbons (Fsp3) is 0. The molecule has 9 heavy (non-hydrogen) atoms. The molecule has 4 nitrogen and oxygen atoms in total. The molecule has 0 aliphatic heterocycles. The van der Waals surface area contributed by atoms with Crippen LogP contribution >= 0.6 is 7.82 Å². The van der Waals surface area contributed by atoms with Gasteiger partial charge in [-0.05, 0) is 0 Å². The van der Waals surface area contributed by atoms with Crippen molar-refractivity contribution in [2.75, 3.05) is 0 Å². The second kappa shape index (κ2) is 14.4. The summed E-state index contributed by atoms with van der Waals surface area (Å²) in [7, 11) is -5.39. The van der Waals surface area contributed by atoms with Crippen molar-refractivity contribution in [1.82, 2.24) is 0 Å². The van der Waals surface area contributed by atoms with E-state index in [9.17, 15) is 0 Å². The molecule has 0 spiro atoms. The van der Waals surface area contributed by atoms with E-state index < -0.39 is 7.82 Å². The summed E-state index contributed by atoms with van der Waals surface area (Å²) in [5.41, 5.74) is 0. The van der Waals surface area contributed by atoms with Crippen LogP contribution in [0.2, 0.25) is 0 Å². The van der Waals surface area contributed by atoms with Crippen LogP contribution in [0.1, 0.15) is 0 Å². The number of halogens is 1. The maximum Gasteiger partial charge on any atom is 1.00 e. The summed E-state index contributed by atoms with van der Waals surface area (Å²) < 4.78 is 8.55. The van der Waals surface area contributed by atoms with Crippen molar-refractivity contribution in [3.8, 4) is 0 Å². The van der Waals surface area contributed by atoms with Gasteiger partial charge in [0.05, 0.1) is 0 Å². The van der Waals surface area contributed by atoms with Gasteiger partial charge in [0, 0.05) is 0 Å². The maximum absolute atomic E-state index is 8.55. The third-order valence-corrected chi connectivity index (χ3v) is 0. The molecule has 0 saturated heterocycles. The first-order valence-corrected chi connectivity index (χ1v) is 2.19. The first-order chi connectivity index (χ1) is 2.00. The van der Waals surface area contributed by atoms with Crippen LogP contribution in [0.5, 0.6) is 0 Å². The normalized spacial score (nSPS) is 6.56. The van der Waals surface area contributed by atoms with Crippen molar-refractivity contribution < 1.29 is 132 Å². The molecule has 0 aromatic carbocycles. The fourth-order valence-corrected chi connectivity index (χ4v) is 0. The minimum absolute atomic E-state index is 0. The molecule has 0 unspecified atom stereocenters. The second-order valence-corrected chi connectivity index (χ2v) is 1.34. The van der Waals surface area contributed by atoms with Gasteiger partial charge in [0.25, 0.3) is 0 Å². The Labute approximate surface area is 137 Å². The Morgan fingerprint density at radius 1 is 0.889 bits per heavy atom. The molecule has 0 saturated carbocycles. The Hall–Kier alpha value is 3.84. The molecule has 0 aliphatic carbocycles. The Balaban J connectivity index is -0.0000000133. The summed E-state index contributed by atoms with van der Waals surface area (Å²) in [5.74, 6) is 0. The first kappa shape index (κ1) is 29.3. The van der Waals surface area contributed by atoms with Gasteiger partial charge in [-0.15, -0.1) is 0 Å². The minimum atomic E-state index is -5.39. The first-order valence-electron chi connectivity index (χ1n) is 0.730. The number of phosphoric acid groups is 1. The van der Waals surface area contributed by atoms with E-state index in [1.165, 1.54) is 0 Å². The van der Waals surface area contributed by atoms with Crippen molar-refractivity contribution >= 4 is 7.82 Å². The van der Waals surface area contributed by atoms with Gasteiger partial charge < -0.3 is 19.2 Å². The number of hydrogen-bond acceptors (Lipinski definition) is 4. The van der Waals surface area contributed by atoms with Crippen molar-refractivity contribution in [1.29, 1.82) is 0 Å². The largest absolute Gasteiger partial charge is 1.00 e. The summed E-state index contributed by atoms with van der Waals surface area (Å²) >= 11 is 0. The van der Waals surface area contributed by atoms with Crippen LogP contribution in [-0.4, -0.2) is 0 Å². The molecule has 0 bridgehead atoms. The van der Waals surface area contributed by atoms with E-state index in [1.807, 2.05) is 0 Å². The molecule has 0 heterocycles. The van der Waals surface area contributed by atoms with Gasteiger partial charge in [0.2, 0.25) is 24.0 Å². The zero-order valence-electron chi connectivity index (χ0n) is 5.53. The quantitative estimate of drug-likeness (QED) is 0.252. The van der Waals surface area contributed by atoms with Crippen molar-refractivity contribution in [3.05, 3.63) is 0 Å². The Kier molecular flexibility index (Phi) is 46.8. The SMILES string of the molecule is O=P([O-])([O-])[O-].[IH2+].[Na+].[Na+].[Na+]. The molecule has 0 radical (unpaired) electrons. The standard InChI is InChI=1S/H2I.3Na.H3O4P/c;;;;1-5(2,3)4/h1H2;;;;(H3,1,2,3,4)/q4*+1;/p-3. The molecule has 0 fully saturated rings. The van der Waals surface area contributed by atoms with Crippen LogP contribution in [0.25, 0.3) is 0 Å². The number of hydrogen-bond donors (Lipinski definition) is 0. The van der Waals surface area contributed by atoms with Gasteiger partial charge in [-0.2, -0.15) is 7.82 Å². The molecule has 9 heteroatoms. The van der Waals surface area contributed by atoms with E-state index in [1.54, 1.807) is 0 Å². The third kappa shape index (κ3) is 77.7. The van der Waals surface area contributed by atoms with Crippen molar-refractivity contribution in [3.63, 3.8) is 0 Å². The molecule has 0 amide bonds. The number of rotatable bonds is 0. The van der Waals surface area contributed by atoms with Gasteiger partial charge in [-0.1, -0.05) is 0 Å². The van der Waals surface area contributed by atoms with Crippen LogP contribution in [-0.2, 0) is 4.57 Å². The summed E-state index contributed by atoms with van der Waals surface area (Å²) in [6, 6.07) is 0. The molecule has 0 rings (SSSR count). The van der Waals surface area contributed by atoms with Crippen molar-refractivity contribution in [2.24, 2.45) is 0 Å². The molecule has 0 aromatic heterocycles. The van der Waals surface area contributed by atoms with Gasteiger partial charge in [0.15, 0.2) is 0 Å². The van der Waals surface area contributed by atoms with Gasteiger partial charge in [-0.3, -0.25) is 0 Å². The van der Waals surface area contributed by atoms with Crippen molar-refractivity contribution in [2.45, 2.75) is 0 Å². The third-order valence-electron chi connectivity index (χ3n) is 0. The molecular formula is H2INa3O4P+. The second-order valence-electron chi connectivity index (χ2n) is 0.447. The Bertz CT molecular complexity index is 61.9. The zero-order chi connectivity index (χ0) is 4.50. The summed E-state index contributed by atoms with van der Waals surface area (Å²) in [5, 5.41) is 0. The Morgan fingerprint density at radius 2 is 0.889 bits per heavy atom. The van der Waals surface area contributed by atoms with E-state index in [0.29, 0.717) is 0 Å². The molecule has 0 aromatic rings. The topological polar surface area (TPSA) is 86.2 Å². The average Bonchev–Trinajstić information content (AvgIpc) is 0.722. The molecule has 0 N–H and O–H groups in total. The predicted octanol–water partition coefficient (Wildman–Crippen LogP) is -15.3. The molecule has 40 valence electrons. The van der Waals surface area contributed by atoms with Crippen LogP contribution < -0.4 is 127 Å². The van der Waals surface area contributed by atoms with Gasteiger partial charge in [-0.25, -0.2) is 0 Å². The Morgan fingerprint density at radius 3 is 0.889 bits per heavy atom. The minimum Gasteiger partial charge on any atom is -0.822 e. The van der Waals surface area contributed by atoms with E-state index in [4.69, 9.17) is 19.2 Å². The zero-order valence-corrected chi connectivity index (χ0v) is 15.0. The smallest absolute Gasteiger partial charge is 0.822 e. The fourth-order valence-electron chi connectivity index (χ4n) is 0. The van der Waals surface area contributed by atoms with Crippen LogP contribution in [0.15, 0.2) is 0 Å². The van der Waals surface area contributed by atoms with E-state index in [2.05, 4.69) is 0 Å². The van der Waals surface area contributed by atoms with Crippen LogP contribution in [0, 0.1) is 0 Å². The average molecular weight is 293 g/mol. The summed E-state index contributed by atoms with van der Waals surface area (Å²) in [6.07, 6.45) is 0. The summed E-state index contributed by atoms with van der Waals surface area (Å²) in [6.45, 7) is 0. The van der Waals surface area contributed by atoms with Crippen LogP contribution in [0.3, 0.4) is 0 Å². The molecule has 0 aliphatic rings. The van der Waals surface area contributed by atoms with E-state index in [0.717, 1.165) is 0 Å². The van der Waals surface area contributed by atoms with Gasteiger partial charge >= 0.3 is 88.7 Å². The predicted molar refractivity (Wildman–Crippen MR) is 10.4 cm³/mol. The maximum atomic E-state index is 8.55. The van der Waals surface area contributed by atoms with Crippen LogP contribution in [0.4, 0.5) is 0 Å². The van der Waals surface area contributed by atoms with Gasteiger partial charge in [0.1, 0.15) is 0 Å². The molecule has 0 atom stereocenters. The van der Waals surface area contributed by atoms with E-state index in [-0.39, 0.29) is 113 Å². The van der Waals surface area contributed by atoms with E-state index >= 15 is 0 Å².